The van der Waals surface area contributed by atoms with E-state index in [4.69, 9.17) is 20.4 Å². The fourth-order valence-corrected chi connectivity index (χ4v) is 1.55. The van der Waals surface area contributed by atoms with Crippen LogP contribution in [0, 0.1) is 13.8 Å². The number of halogens is 1. The lowest BCUT2D eigenvalue weighted by atomic mass is 10.2. The summed E-state index contributed by atoms with van der Waals surface area (Å²) in [5.74, 6) is 3.14. The monoisotopic (exact) mass is 226 g/mol. The first-order valence-corrected chi connectivity index (χ1v) is 5.20. The van der Waals surface area contributed by atoms with Gasteiger partial charge in [-0.05, 0) is 19.9 Å². The van der Waals surface area contributed by atoms with Crippen molar-refractivity contribution in [2.24, 2.45) is 0 Å². The van der Waals surface area contributed by atoms with Crippen LogP contribution in [0.25, 0.3) is 11.5 Å². The summed E-state index contributed by atoms with van der Waals surface area (Å²) in [6.07, 6.45) is 0.588. The van der Waals surface area contributed by atoms with E-state index in [1.807, 2.05) is 19.9 Å². The van der Waals surface area contributed by atoms with Crippen LogP contribution in [-0.4, -0.2) is 16.1 Å². The van der Waals surface area contributed by atoms with Gasteiger partial charge >= 0.3 is 0 Å². The first kappa shape index (κ1) is 10.2. The molecule has 0 bridgehead atoms. The molecular weight excluding hydrogens is 216 g/mol. The van der Waals surface area contributed by atoms with E-state index in [1.54, 1.807) is 0 Å². The van der Waals surface area contributed by atoms with E-state index in [1.165, 1.54) is 0 Å². The van der Waals surface area contributed by atoms with Crippen LogP contribution in [0.15, 0.2) is 14.9 Å². The van der Waals surface area contributed by atoms with Crippen molar-refractivity contribution < 1.29 is 8.83 Å². The highest BCUT2D eigenvalue weighted by Gasteiger charge is 2.13. The van der Waals surface area contributed by atoms with Crippen LogP contribution >= 0.6 is 11.6 Å². The minimum atomic E-state index is 0.477. The zero-order valence-electron chi connectivity index (χ0n) is 8.58. The highest BCUT2D eigenvalue weighted by atomic mass is 35.5. The molecule has 0 aliphatic heterocycles. The summed E-state index contributed by atoms with van der Waals surface area (Å²) in [5.41, 5.74) is 0.848. The highest BCUT2D eigenvalue weighted by Crippen LogP contribution is 2.25. The minimum absolute atomic E-state index is 0.477. The summed E-state index contributed by atoms with van der Waals surface area (Å²) in [7, 11) is 0. The SMILES string of the molecule is Cc1cc(-c2nnc(CCCl)o2)c(C)o1. The molecule has 0 N–H and O–H groups in total. The van der Waals surface area contributed by atoms with Gasteiger partial charge in [0.2, 0.25) is 5.89 Å². The number of nitrogens with zero attached hydrogens (tertiary/aromatic N) is 2. The summed E-state index contributed by atoms with van der Waals surface area (Å²) >= 11 is 5.58. The second-order valence-corrected chi connectivity index (χ2v) is 3.64. The van der Waals surface area contributed by atoms with Gasteiger partial charge in [0, 0.05) is 12.3 Å². The standard InChI is InChI=1S/C10H11ClN2O2/c1-6-5-8(7(2)14-6)10-13-12-9(15-10)3-4-11/h5H,3-4H2,1-2H3. The van der Waals surface area contributed by atoms with Crippen molar-refractivity contribution in [3.63, 3.8) is 0 Å². The quantitative estimate of drug-likeness (QED) is 0.756. The molecule has 0 unspecified atom stereocenters. The van der Waals surface area contributed by atoms with Gasteiger partial charge in [0.15, 0.2) is 0 Å². The summed E-state index contributed by atoms with van der Waals surface area (Å²) in [4.78, 5) is 0. The maximum absolute atomic E-state index is 5.58. The Kier molecular flexibility index (Phi) is 2.77. The summed E-state index contributed by atoms with van der Waals surface area (Å²) in [5, 5.41) is 7.83. The molecule has 0 saturated carbocycles. The van der Waals surface area contributed by atoms with Gasteiger partial charge in [0.25, 0.3) is 5.89 Å². The lowest BCUT2D eigenvalue weighted by molar-refractivity contribution is 0.496. The molecule has 2 aromatic heterocycles. The topological polar surface area (TPSA) is 52.1 Å². The molecule has 80 valence electrons. The Morgan fingerprint density at radius 2 is 2.07 bits per heavy atom. The van der Waals surface area contributed by atoms with Crippen LogP contribution < -0.4 is 0 Å². The van der Waals surface area contributed by atoms with Crippen molar-refractivity contribution in [3.8, 4) is 11.5 Å². The lowest BCUT2D eigenvalue weighted by Gasteiger charge is -1.89. The summed E-state index contributed by atoms with van der Waals surface area (Å²) < 4.78 is 10.8. The Morgan fingerprint density at radius 1 is 1.27 bits per heavy atom. The fourth-order valence-electron chi connectivity index (χ4n) is 1.39. The van der Waals surface area contributed by atoms with E-state index in [0.29, 0.717) is 24.1 Å². The van der Waals surface area contributed by atoms with Gasteiger partial charge < -0.3 is 8.83 Å². The number of hydrogen-bond donors (Lipinski definition) is 0. The van der Waals surface area contributed by atoms with Gasteiger partial charge in [0.1, 0.15) is 11.5 Å². The van der Waals surface area contributed by atoms with Crippen LogP contribution in [0.5, 0.6) is 0 Å². The molecule has 0 aliphatic rings. The first-order valence-electron chi connectivity index (χ1n) is 4.66. The molecule has 0 amide bonds. The second-order valence-electron chi connectivity index (χ2n) is 3.27. The predicted octanol–water partition coefficient (Wildman–Crippen LogP) is 2.73. The van der Waals surface area contributed by atoms with E-state index in [2.05, 4.69) is 10.2 Å². The Labute approximate surface area is 92.2 Å². The average Bonchev–Trinajstić information content (AvgIpc) is 2.73. The third-order valence-electron chi connectivity index (χ3n) is 2.05. The first-order chi connectivity index (χ1) is 7.20. The van der Waals surface area contributed by atoms with Crippen molar-refractivity contribution >= 4 is 11.6 Å². The van der Waals surface area contributed by atoms with Gasteiger partial charge in [-0.3, -0.25) is 0 Å². The Bertz CT molecular complexity index is 462. The summed E-state index contributed by atoms with van der Waals surface area (Å²) in [6.45, 7) is 3.75. The van der Waals surface area contributed by atoms with Crippen molar-refractivity contribution in [2.45, 2.75) is 20.3 Å². The van der Waals surface area contributed by atoms with Crippen LogP contribution in [0.2, 0.25) is 0 Å². The Morgan fingerprint density at radius 3 is 2.67 bits per heavy atom. The zero-order valence-corrected chi connectivity index (χ0v) is 9.34. The zero-order chi connectivity index (χ0) is 10.8. The van der Waals surface area contributed by atoms with E-state index < -0.39 is 0 Å². The van der Waals surface area contributed by atoms with Crippen molar-refractivity contribution in [1.29, 1.82) is 0 Å². The average molecular weight is 227 g/mol. The van der Waals surface area contributed by atoms with E-state index in [9.17, 15) is 0 Å². The molecule has 0 atom stereocenters. The van der Waals surface area contributed by atoms with Gasteiger partial charge in [-0.2, -0.15) is 0 Å². The molecular formula is C10H11ClN2O2. The maximum atomic E-state index is 5.58. The molecule has 2 aromatic rings. The number of hydrogen-bond acceptors (Lipinski definition) is 4. The highest BCUT2D eigenvalue weighted by molar-refractivity contribution is 6.17. The van der Waals surface area contributed by atoms with Gasteiger partial charge in [-0.15, -0.1) is 21.8 Å². The molecule has 0 saturated heterocycles. The largest absolute Gasteiger partial charge is 0.466 e. The summed E-state index contributed by atoms with van der Waals surface area (Å²) in [6, 6.07) is 1.88. The lowest BCUT2D eigenvalue weighted by Crippen LogP contribution is -1.84. The normalized spacial score (nSPS) is 10.9. The Balaban J connectivity index is 2.32. The van der Waals surface area contributed by atoms with E-state index >= 15 is 0 Å². The molecule has 5 heteroatoms. The van der Waals surface area contributed by atoms with Crippen molar-refractivity contribution in [2.75, 3.05) is 5.88 Å². The smallest absolute Gasteiger partial charge is 0.251 e. The molecule has 0 fully saturated rings. The van der Waals surface area contributed by atoms with Crippen LogP contribution in [-0.2, 0) is 6.42 Å². The molecule has 2 heterocycles. The number of furan rings is 1. The van der Waals surface area contributed by atoms with Crippen LogP contribution in [0.4, 0.5) is 0 Å². The van der Waals surface area contributed by atoms with Gasteiger partial charge in [-0.1, -0.05) is 0 Å². The Hall–Kier alpha value is -1.29. The van der Waals surface area contributed by atoms with E-state index in [-0.39, 0.29) is 0 Å². The molecule has 0 aliphatic carbocycles. The van der Waals surface area contributed by atoms with Gasteiger partial charge in [0.05, 0.1) is 5.56 Å². The molecule has 2 rings (SSSR count). The van der Waals surface area contributed by atoms with Crippen LogP contribution in [0.1, 0.15) is 17.4 Å². The molecule has 4 nitrogen and oxygen atoms in total. The van der Waals surface area contributed by atoms with Crippen molar-refractivity contribution in [3.05, 3.63) is 23.5 Å². The van der Waals surface area contributed by atoms with Crippen LogP contribution in [0.3, 0.4) is 0 Å². The number of rotatable bonds is 3. The maximum Gasteiger partial charge on any atom is 0.251 e. The molecule has 0 radical (unpaired) electrons. The molecule has 15 heavy (non-hydrogen) atoms. The molecule has 0 spiro atoms. The second kappa shape index (κ2) is 4.06. The predicted molar refractivity (Wildman–Crippen MR) is 55.9 cm³/mol. The van der Waals surface area contributed by atoms with Crippen molar-refractivity contribution in [1.82, 2.24) is 10.2 Å². The molecule has 0 aromatic carbocycles. The minimum Gasteiger partial charge on any atom is -0.466 e. The number of alkyl halides is 1. The fraction of sp³-hybridized carbons (Fsp3) is 0.400. The number of aromatic nitrogens is 2. The third-order valence-corrected chi connectivity index (χ3v) is 2.24. The van der Waals surface area contributed by atoms with E-state index in [0.717, 1.165) is 17.1 Å². The third kappa shape index (κ3) is 2.04. The number of aryl methyl sites for hydroxylation is 3. The van der Waals surface area contributed by atoms with Gasteiger partial charge in [-0.25, -0.2) is 0 Å².